The lowest BCUT2D eigenvalue weighted by molar-refractivity contribution is 0.0500. The number of rotatable bonds is 5. The van der Waals surface area contributed by atoms with E-state index in [0.717, 1.165) is 12.8 Å². The number of aromatic amines is 1. The summed E-state index contributed by atoms with van der Waals surface area (Å²) in [6.07, 6.45) is 3.19. The number of nitrogens with zero attached hydrogens (tertiary/aromatic N) is 3. The molecular weight excluding hydrogens is 414 g/mol. The highest BCUT2D eigenvalue weighted by Crippen LogP contribution is 2.19. The molecule has 0 aromatic carbocycles. The molecule has 2 aromatic rings. The van der Waals surface area contributed by atoms with E-state index >= 15 is 0 Å². The minimum Gasteiger partial charge on any atom is -0.444 e. The molecule has 2 N–H and O–H groups in total. The Morgan fingerprint density at radius 3 is 2.56 bits per heavy atom. The van der Waals surface area contributed by atoms with Gasteiger partial charge in [-0.1, -0.05) is 6.92 Å². The third-order valence-corrected chi connectivity index (χ3v) is 5.36. The van der Waals surface area contributed by atoms with Gasteiger partial charge in [-0.25, -0.2) is 14.6 Å². The first-order valence-corrected chi connectivity index (χ1v) is 11.0. The van der Waals surface area contributed by atoms with Crippen LogP contribution in [0.2, 0.25) is 0 Å². The van der Waals surface area contributed by atoms with Gasteiger partial charge in [-0.3, -0.25) is 19.1 Å². The van der Waals surface area contributed by atoms with Gasteiger partial charge >= 0.3 is 11.8 Å². The van der Waals surface area contributed by atoms with Crippen LogP contribution in [-0.2, 0) is 11.3 Å². The number of alkyl carbamates (subject to hydrolysis) is 1. The fraction of sp³-hybridized carbons (Fsp3) is 0.591. The Balaban J connectivity index is 1.64. The molecule has 3 rings (SSSR count). The first-order valence-electron chi connectivity index (χ1n) is 11.0. The van der Waals surface area contributed by atoms with Crippen LogP contribution in [0.1, 0.15) is 57.3 Å². The molecule has 0 saturated carbocycles. The van der Waals surface area contributed by atoms with Crippen LogP contribution in [0.25, 0.3) is 11.0 Å². The number of H-pyrrole nitrogens is 1. The van der Waals surface area contributed by atoms with E-state index in [2.05, 4.69) is 15.3 Å². The molecule has 1 aliphatic rings. The van der Waals surface area contributed by atoms with Gasteiger partial charge in [0, 0.05) is 32.4 Å². The number of hydrogen-bond donors (Lipinski definition) is 2. The number of aryl methyl sites for hydroxylation is 1. The van der Waals surface area contributed by atoms with Gasteiger partial charge in [0.05, 0.1) is 10.9 Å². The first kappa shape index (κ1) is 23.5. The zero-order valence-corrected chi connectivity index (χ0v) is 19.1. The van der Waals surface area contributed by atoms with Crippen molar-refractivity contribution in [3.05, 3.63) is 38.7 Å². The number of pyridine rings is 1. The van der Waals surface area contributed by atoms with Crippen LogP contribution in [0.4, 0.5) is 4.79 Å². The Bertz CT molecular complexity index is 1110. The van der Waals surface area contributed by atoms with Gasteiger partial charge in [-0.05, 0) is 52.0 Å². The second-order valence-electron chi connectivity index (χ2n) is 9.12. The number of piperidine rings is 1. The third-order valence-electron chi connectivity index (χ3n) is 5.36. The number of hydrogen-bond acceptors (Lipinski definition) is 6. The molecule has 174 valence electrons. The fourth-order valence-electron chi connectivity index (χ4n) is 3.78. The van der Waals surface area contributed by atoms with Gasteiger partial charge in [-0.15, -0.1) is 0 Å². The molecule has 0 aliphatic carbocycles. The average molecular weight is 446 g/mol. The van der Waals surface area contributed by atoms with Crippen LogP contribution in [0, 0.1) is 5.92 Å². The maximum absolute atomic E-state index is 13.0. The number of ether oxygens (including phenoxy) is 1. The van der Waals surface area contributed by atoms with Gasteiger partial charge in [0.25, 0.3) is 11.5 Å². The lowest BCUT2D eigenvalue weighted by atomic mass is 9.96. The summed E-state index contributed by atoms with van der Waals surface area (Å²) in [4.78, 5) is 57.4. The Kier molecular flexibility index (Phi) is 7.00. The van der Waals surface area contributed by atoms with E-state index in [4.69, 9.17) is 4.74 Å². The van der Waals surface area contributed by atoms with Crippen molar-refractivity contribution in [1.82, 2.24) is 24.8 Å². The molecule has 10 nitrogen and oxygen atoms in total. The summed E-state index contributed by atoms with van der Waals surface area (Å²) in [5.74, 6) is 0.0539. The molecule has 0 bridgehead atoms. The second kappa shape index (κ2) is 9.54. The average Bonchev–Trinajstić information content (AvgIpc) is 2.73. The molecule has 0 radical (unpaired) electrons. The van der Waals surface area contributed by atoms with Gasteiger partial charge in [0.15, 0.2) is 0 Å². The topological polar surface area (TPSA) is 126 Å². The van der Waals surface area contributed by atoms with E-state index in [-0.39, 0.29) is 22.9 Å². The fourth-order valence-corrected chi connectivity index (χ4v) is 3.78. The summed E-state index contributed by atoms with van der Waals surface area (Å²) in [5, 5.41) is 3.01. The summed E-state index contributed by atoms with van der Waals surface area (Å²) >= 11 is 0. The van der Waals surface area contributed by atoms with Gasteiger partial charge in [0.2, 0.25) is 0 Å². The molecule has 1 aliphatic heterocycles. The van der Waals surface area contributed by atoms with Gasteiger partial charge in [-0.2, -0.15) is 0 Å². The van der Waals surface area contributed by atoms with Crippen LogP contribution < -0.4 is 16.6 Å². The Labute approximate surface area is 186 Å². The lowest BCUT2D eigenvalue weighted by Gasteiger charge is -2.32. The molecule has 1 saturated heterocycles. The molecule has 2 amide bonds. The van der Waals surface area contributed by atoms with Crippen LogP contribution >= 0.6 is 0 Å². The smallest absolute Gasteiger partial charge is 0.407 e. The minimum absolute atomic E-state index is 0.203. The van der Waals surface area contributed by atoms with Crippen molar-refractivity contribution in [2.75, 3.05) is 19.6 Å². The van der Waals surface area contributed by atoms with Gasteiger partial charge < -0.3 is 15.0 Å². The van der Waals surface area contributed by atoms with E-state index in [1.54, 1.807) is 4.90 Å². The summed E-state index contributed by atoms with van der Waals surface area (Å²) in [5.41, 5.74) is -0.996. The number of carbonyl (C=O) groups is 2. The van der Waals surface area contributed by atoms with Crippen LogP contribution in [0.15, 0.2) is 21.9 Å². The largest absolute Gasteiger partial charge is 0.444 e. The number of carbonyl (C=O) groups excluding carboxylic acids is 2. The van der Waals surface area contributed by atoms with E-state index < -0.39 is 22.9 Å². The number of amides is 2. The Hall–Kier alpha value is -3.17. The summed E-state index contributed by atoms with van der Waals surface area (Å²) in [6.45, 7) is 9.38. The van der Waals surface area contributed by atoms with E-state index in [9.17, 15) is 19.2 Å². The summed E-state index contributed by atoms with van der Waals surface area (Å²) < 4.78 is 6.66. The molecule has 0 atom stereocenters. The molecular formula is C22H31N5O5. The number of nitrogens with one attached hydrogen (secondary N) is 2. The Morgan fingerprint density at radius 2 is 1.94 bits per heavy atom. The van der Waals surface area contributed by atoms with Crippen molar-refractivity contribution in [3.63, 3.8) is 0 Å². The van der Waals surface area contributed by atoms with Crippen molar-refractivity contribution in [3.8, 4) is 0 Å². The molecule has 10 heteroatoms. The van der Waals surface area contributed by atoms with Gasteiger partial charge in [0.1, 0.15) is 11.2 Å². The molecule has 32 heavy (non-hydrogen) atoms. The number of likely N-dealkylation sites (tertiary alicyclic amines) is 1. The quantitative estimate of drug-likeness (QED) is 0.724. The highest BCUT2D eigenvalue weighted by Gasteiger charge is 2.25. The zero-order valence-electron chi connectivity index (χ0n) is 19.1. The molecule has 3 heterocycles. The normalized spacial score (nSPS) is 15.1. The van der Waals surface area contributed by atoms with Crippen molar-refractivity contribution in [2.24, 2.45) is 5.92 Å². The maximum atomic E-state index is 13.0. The minimum atomic E-state index is -0.550. The lowest BCUT2D eigenvalue weighted by Crippen LogP contribution is -2.42. The predicted octanol–water partition coefficient (Wildman–Crippen LogP) is 1.87. The third kappa shape index (κ3) is 5.54. The number of aromatic nitrogens is 3. The van der Waals surface area contributed by atoms with Crippen molar-refractivity contribution in [1.29, 1.82) is 0 Å². The Morgan fingerprint density at radius 1 is 1.25 bits per heavy atom. The van der Waals surface area contributed by atoms with E-state index in [1.807, 2.05) is 27.7 Å². The predicted molar refractivity (Wildman–Crippen MR) is 120 cm³/mol. The molecule has 2 aromatic heterocycles. The summed E-state index contributed by atoms with van der Waals surface area (Å²) in [7, 11) is 0. The molecule has 0 unspecified atom stereocenters. The second-order valence-corrected chi connectivity index (χ2v) is 9.12. The van der Waals surface area contributed by atoms with Crippen LogP contribution in [-0.4, -0.2) is 56.7 Å². The highest BCUT2D eigenvalue weighted by molar-refractivity contribution is 5.96. The molecule has 0 spiro atoms. The van der Waals surface area contributed by atoms with Crippen LogP contribution in [0.5, 0.6) is 0 Å². The van der Waals surface area contributed by atoms with Crippen molar-refractivity contribution in [2.45, 2.75) is 59.1 Å². The SMILES string of the molecule is CCCn1c(=O)[nH]c(=O)c2cc(C(=O)N3CCC(CNC(=O)OC(C)(C)C)CC3)cnc21. The number of fused-ring (bicyclic) bond motifs is 1. The standard InChI is InChI=1S/C22H31N5O5/c1-5-8-27-17-16(18(28)25-20(27)30)11-15(13-23-17)19(29)26-9-6-14(7-10-26)12-24-21(31)32-22(2,3)4/h11,13-14H,5-10,12H2,1-4H3,(H,24,31)(H,25,28,30). The van der Waals surface area contributed by atoms with Crippen molar-refractivity contribution < 1.29 is 14.3 Å². The highest BCUT2D eigenvalue weighted by atomic mass is 16.6. The van der Waals surface area contributed by atoms with E-state index in [1.165, 1.54) is 16.8 Å². The van der Waals surface area contributed by atoms with Crippen LogP contribution in [0.3, 0.4) is 0 Å². The molecule has 1 fully saturated rings. The summed E-state index contributed by atoms with van der Waals surface area (Å²) in [6, 6.07) is 1.51. The van der Waals surface area contributed by atoms with E-state index in [0.29, 0.717) is 38.2 Å². The zero-order chi connectivity index (χ0) is 23.5. The first-order chi connectivity index (χ1) is 15.1. The van der Waals surface area contributed by atoms with Crippen molar-refractivity contribution >= 4 is 23.0 Å². The maximum Gasteiger partial charge on any atom is 0.407 e. The monoisotopic (exact) mass is 445 g/mol.